The van der Waals surface area contributed by atoms with Crippen molar-refractivity contribution in [2.45, 2.75) is 34.2 Å². The molecule has 2 aromatic heterocycles. The molecule has 0 aliphatic rings. The Morgan fingerprint density at radius 1 is 1.33 bits per heavy atom. The zero-order valence-electron chi connectivity index (χ0n) is 13.5. The minimum Gasteiger partial charge on any atom is -0.435 e. The minimum atomic E-state index is 0.609. The van der Waals surface area contributed by atoms with Gasteiger partial charge in [0.1, 0.15) is 5.69 Å². The summed E-state index contributed by atoms with van der Waals surface area (Å²) in [5.74, 6) is 2.04. The third kappa shape index (κ3) is 4.04. The first kappa shape index (κ1) is 15.5. The van der Waals surface area contributed by atoms with Crippen LogP contribution in [0.2, 0.25) is 0 Å². The van der Waals surface area contributed by atoms with Crippen LogP contribution < -0.4 is 10.1 Å². The molecule has 0 saturated carbocycles. The number of rotatable bonds is 6. The molecule has 2 rings (SSSR count). The number of pyridine rings is 1. The molecule has 0 aliphatic heterocycles. The third-order valence-corrected chi connectivity index (χ3v) is 3.33. The molecule has 1 N–H and O–H groups in total. The van der Waals surface area contributed by atoms with Gasteiger partial charge < -0.3 is 10.1 Å². The lowest BCUT2D eigenvalue weighted by atomic mass is 10.2. The van der Waals surface area contributed by atoms with Crippen LogP contribution in [-0.4, -0.2) is 21.3 Å². The van der Waals surface area contributed by atoms with E-state index in [0.29, 0.717) is 11.8 Å². The first-order chi connectivity index (χ1) is 9.97. The van der Waals surface area contributed by atoms with Crippen molar-refractivity contribution in [2.75, 3.05) is 6.54 Å². The van der Waals surface area contributed by atoms with Crippen molar-refractivity contribution in [3.8, 4) is 11.6 Å². The van der Waals surface area contributed by atoms with Gasteiger partial charge in [-0.25, -0.2) is 4.98 Å². The second-order valence-electron chi connectivity index (χ2n) is 5.75. The van der Waals surface area contributed by atoms with Crippen LogP contribution in [0.15, 0.2) is 18.3 Å². The monoisotopic (exact) mass is 288 g/mol. The van der Waals surface area contributed by atoms with Crippen LogP contribution >= 0.6 is 0 Å². The Bertz CT molecular complexity index is 604. The van der Waals surface area contributed by atoms with Crippen molar-refractivity contribution in [3.05, 3.63) is 35.3 Å². The quantitative estimate of drug-likeness (QED) is 0.888. The van der Waals surface area contributed by atoms with E-state index >= 15 is 0 Å². The van der Waals surface area contributed by atoms with Crippen LogP contribution in [0.3, 0.4) is 0 Å². The second kappa shape index (κ2) is 6.72. The standard InChI is InChI=1S/C16H24N4O/c1-11(2)9-17-10-14-6-7-18-15(8-14)21-16-12(3)19-20(5)13(16)4/h6-8,11,17H,9-10H2,1-5H3. The lowest BCUT2D eigenvalue weighted by Gasteiger charge is -2.09. The number of hydrogen-bond donors (Lipinski definition) is 1. The fourth-order valence-electron chi connectivity index (χ4n) is 2.13. The van der Waals surface area contributed by atoms with Crippen molar-refractivity contribution in [3.63, 3.8) is 0 Å². The molecule has 2 heterocycles. The smallest absolute Gasteiger partial charge is 0.219 e. The predicted octanol–water partition coefficient (Wildman–Crippen LogP) is 2.97. The molecule has 0 fully saturated rings. The van der Waals surface area contributed by atoms with E-state index in [0.717, 1.165) is 30.2 Å². The van der Waals surface area contributed by atoms with Crippen LogP contribution in [0, 0.1) is 19.8 Å². The summed E-state index contributed by atoms with van der Waals surface area (Å²) >= 11 is 0. The maximum absolute atomic E-state index is 5.91. The number of ether oxygens (including phenoxy) is 1. The topological polar surface area (TPSA) is 52.0 Å². The molecule has 0 atom stereocenters. The molecule has 0 amide bonds. The van der Waals surface area contributed by atoms with Crippen molar-refractivity contribution in [1.29, 1.82) is 0 Å². The first-order valence-electron chi connectivity index (χ1n) is 7.31. The number of hydrogen-bond acceptors (Lipinski definition) is 4. The van der Waals surface area contributed by atoms with Crippen LogP contribution in [0.25, 0.3) is 0 Å². The van der Waals surface area contributed by atoms with Gasteiger partial charge in [0, 0.05) is 25.9 Å². The van der Waals surface area contributed by atoms with Crippen LogP contribution in [0.4, 0.5) is 0 Å². The number of nitrogens with one attached hydrogen (secondary N) is 1. The molecule has 0 unspecified atom stereocenters. The highest BCUT2D eigenvalue weighted by molar-refractivity contribution is 5.35. The first-order valence-corrected chi connectivity index (χ1v) is 7.31. The Kier molecular flexibility index (Phi) is 4.96. The van der Waals surface area contributed by atoms with Crippen LogP contribution in [0.1, 0.15) is 30.8 Å². The highest BCUT2D eigenvalue weighted by atomic mass is 16.5. The highest BCUT2D eigenvalue weighted by Crippen LogP contribution is 2.26. The summed E-state index contributed by atoms with van der Waals surface area (Å²) in [4.78, 5) is 4.28. The van der Waals surface area contributed by atoms with Gasteiger partial charge in [-0.2, -0.15) is 5.10 Å². The molecule has 0 radical (unpaired) electrons. The van der Waals surface area contributed by atoms with Crippen molar-refractivity contribution in [1.82, 2.24) is 20.1 Å². The van der Waals surface area contributed by atoms with Gasteiger partial charge in [0.05, 0.1) is 5.69 Å². The van der Waals surface area contributed by atoms with E-state index in [1.807, 2.05) is 37.7 Å². The van der Waals surface area contributed by atoms with Gasteiger partial charge in [0.15, 0.2) is 5.75 Å². The largest absolute Gasteiger partial charge is 0.435 e. The molecule has 114 valence electrons. The second-order valence-corrected chi connectivity index (χ2v) is 5.75. The van der Waals surface area contributed by atoms with Gasteiger partial charge in [-0.05, 0) is 37.9 Å². The number of nitrogens with zero attached hydrogens (tertiary/aromatic N) is 3. The van der Waals surface area contributed by atoms with Gasteiger partial charge in [-0.15, -0.1) is 0 Å². The van der Waals surface area contributed by atoms with Gasteiger partial charge in [0.25, 0.3) is 0 Å². The summed E-state index contributed by atoms with van der Waals surface area (Å²) in [6.45, 7) is 10.1. The van der Waals surface area contributed by atoms with E-state index in [2.05, 4.69) is 29.2 Å². The summed E-state index contributed by atoms with van der Waals surface area (Å²) in [5.41, 5.74) is 3.04. The van der Waals surface area contributed by atoms with Crippen molar-refractivity contribution in [2.24, 2.45) is 13.0 Å². The van der Waals surface area contributed by atoms with Gasteiger partial charge in [0.2, 0.25) is 5.88 Å². The van der Waals surface area contributed by atoms with Gasteiger partial charge in [-0.1, -0.05) is 13.8 Å². The molecule has 21 heavy (non-hydrogen) atoms. The average molecular weight is 288 g/mol. The SMILES string of the molecule is Cc1nn(C)c(C)c1Oc1cc(CNCC(C)C)ccn1. The number of aryl methyl sites for hydroxylation is 2. The normalized spacial score (nSPS) is 11.1. The lowest BCUT2D eigenvalue weighted by molar-refractivity contribution is 0.453. The fraction of sp³-hybridized carbons (Fsp3) is 0.500. The Hall–Kier alpha value is -1.88. The molecule has 0 saturated heterocycles. The summed E-state index contributed by atoms with van der Waals surface area (Å²) < 4.78 is 7.72. The molecule has 0 spiro atoms. The Balaban J connectivity index is 2.07. The van der Waals surface area contributed by atoms with E-state index in [4.69, 9.17) is 4.74 Å². The minimum absolute atomic E-state index is 0.609. The van der Waals surface area contributed by atoms with Gasteiger partial charge in [-0.3, -0.25) is 4.68 Å². The summed E-state index contributed by atoms with van der Waals surface area (Å²) in [5, 5.41) is 7.77. The Morgan fingerprint density at radius 3 is 2.71 bits per heavy atom. The maximum atomic E-state index is 5.91. The van der Waals surface area contributed by atoms with Crippen molar-refractivity contribution < 1.29 is 4.74 Å². The Morgan fingerprint density at radius 2 is 2.10 bits per heavy atom. The molecular weight excluding hydrogens is 264 g/mol. The van der Waals surface area contributed by atoms with E-state index in [1.54, 1.807) is 6.20 Å². The lowest BCUT2D eigenvalue weighted by Crippen LogP contribution is -2.18. The molecule has 5 heteroatoms. The zero-order valence-corrected chi connectivity index (χ0v) is 13.5. The van der Waals surface area contributed by atoms with E-state index in [1.165, 1.54) is 5.56 Å². The summed E-state index contributed by atoms with van der Waals surface area (Å²) in [6.07, 6.45) is 1.78. The molecule has 2 aromatic rings. The highest BCUT2D eigenvalue weighted by Gasteiger charge is 2.12. The fourth-order valence-corrected chi connectivity index (χ4v) is 2.13. The zero-order chi connectivity index (χ0) is 15.4. The van der Waals surface area contributed by atoms with E-state index in [-0.39, 0.29) is 0 Å². The summed E-state index contributed by atoms with van der Waals surface area (Å²) in [7, 11) is 1.91. The average Bonchev–Trinajstić information content (AvgIpc) is 2.66. The molecular formula is C16H24N4O. The third-order valence-electron chi connectivity index (χ3n) is 3.33. The molecule has 0 bridgehead atoms. The van der Waals surface area contributed by atoms with Crippen molar-refractivity contribution >= 4 is 0 Å². The molecule has 5 nitrogen and oxygen atoms in total. The van der Waals surface area contributed by atoms with E-state index in [9.17, 15) is 0 Å². The van der Waals surface area contributed by atoms with Crippen LogP contribution in [0.5, 0.6) is 11.6 Å². The molecule has 0 aliphatic carbocycles. The summed E-state index contributed by atoms with van der Waals surface area (Å²) in [6, 6.07) is 3.97. The van der Waals surface area contributed by atoms with Crippen LogP contribution in [-0.2, 0) is 13.6 Å². The number of aromatic nitrogens is 3. The van der Waals surface area contributed by atoms with E-state index < -0.39 is 0 Å². The maximum Gasteiger partial charge on any atom is 0.219 e. The predicted molar refractivity (Wildman–Crippen MR) is 83.5 cm³/mol. The Labute approximate surface area is 126 Å². The van der Waals surface area contributed by atoms with Gasteiger partial charge >= 0.3 is 0 Å². The molecule has 0 aromatic carbocycles.